The minimum atomic E-state index is -3.76. The van der Waals surface area contributed by atoms with E-state index in [4.69, 9.17) is 8.92 Å². The van der Waals surface area contributed by atoms with Gasteiger partial charge in [-0.15, -0.1) is 0 Å². The minimum Gasteiger partial charge on any atom is -0.480 e. The summed E-state index contributed by atoms with van der Waals surface area (Å²) < 4.78 is 32.5. The lowest BCUT2D eigenvalue weighted by atomic mass is 9.99. The summed E-state index contributed by atoms with van der Waals surface area (Å²) in [7, 11) is -3.76. The monoisotopic (exact) mass is 357 g/mol. The standard InChI is InChI=1S/C15H19NO7S/c1-15(13(17)18)8-12(23-24(2,20)21)9-16(15)14(19)22-10-11-6-4-3-5-7-11/h3-7,12H,8-10H2,1-2H3,(H,17,18)/t12-,15-/m1/s1. The smallest absolute Gasteiger partial charge is 0.411 e. The molecule has 1 saturated heterocycles. The van der Waals surface area contributed by atoms with Gasteiger partial charge < -0.3 is 9.84 Å². The number of aliphatic carboxylic acids is 1. The predicted octanol–water partition coefficient (Wildman–Crippen LogP) is 1.22. The first-order chi connectivity index (χ1) is 11.1. The molecule has 1 aliphatic rings. The number of hydrogen-bond acceptors (Lipinski definition) is 6. The Morgan fingerprint density at radius 1 is 1.33 bits per heavy atom. The Morgan fingerprint density at radius 2 is 1.96 bits per heavy atom. The zero-order valence-corrected chi connectivity index (χ0v) is 14.2. The van der Waals surface area contributed by atoms with Crippen molar-refractivity contribution >= 4 is 22.2 Å². The molecule has 24 heavy (non-hydrogen) atoms. The van der Waals surface area contributed by atoms with Gasteiger partial charge in [-0.3, -0.25) is 9.08 Å². The summed E-state index contributed by atoms with van der Waals surface area (Å²) in [5, 5.41) is 9.44. The number of carboxylic acids is 1. The van der Waals surface area contributed by atoms with Crippen LogP contribution in [0.15, 0.2) is 30.3 Å². The summed E-state index contributed by atoms with van der Waals surface area (Å²) in [4.78, 5) is 24.8. The van der Waals surface area contributed by atoms with Crippen molar-refractivity contribution in [3.8, 4) is 0 Å². The SMILES string of the molecule is C[C@]1(C(=O)O)C[C@@H](OS(C)(=O)=O)CN1C(=O)OCc1ccccc1. The summed E-state index contributed by atoms with van der Waals surface area (Å²) in [6, 6.07) is 8.93. The van der Waals surface area contributed by atoms with Crippen molar-refractivity contribution < 1.29 is 32.0 Å². The molecule has 1 N–H and O–H groups in total. The number of carbonyl (C=O) groups excluding carboxylic acids is 1. The second-order valence-electron chi connectivity index (χ2n) is 5.86. The molecule has 1 amide bonds. The fourth-order valence-corrected chi connectivity index (χ4v) is 3.23. The first kappa shape index (κ1) is 18.2. The van der Waals surface area contributed by atoms with E-state index < -0.39 is 33.8 Å². The van der Waals surface area contributed by atoms with Crippen molar-refractivity contribution in [2.75, 3.05) is 12.8 Å². The molecule has 2 atom stereocenters. The number of likely N-dealkylation sites (tertiary alicyclic amines) is 1. The molecule has 1 aromatic carbocycles. The molecule has 0 unspecified atom stereocenters. The maximum absolute atomic E-state index is 12.3. The molecule has 0 saturated carbocycles. The van der Waals surface area contributed by atoms with E-state index in [0.29, 0.717) is 0 Å². The van der Waals surface area contributed by atoms with Crippen LogP contribution in [0, 0.1) is 0 Å². The quantitative estimate of drug-likeness (QED) is 0.789. The Balaban J connectivity index is 2.10. The highest BCUT2D eigenvalue weighted by Gasteiger charge is 2.52. The number of carbonyl (C=O) groups is 2. The van der Waals surface area contributed by atoms with Crippen molar-refractivity contribution in [3.05, 3.63) is 35.9 Å². The summed E-state index contributed by atoms with van der Waals surface area (Å²) >= 11 is 0. The van der Waals surface area contributed by atoms with Crippen molar-refractivity contribution in [1.82, 2.24) is 4.90 Å². The Morgan fingerprint density at radius 3 is 2.50 bits per heavy atom. The van der Waals surface area contributed by atoms with E-state index in [1.807, 2.05) is 6.07 Å². The molecule has 1 aromatic rings. The first-order valence-electron chi connectivity index (χ1n) is 7.22. The molecule has 8 nitrogen and oxygen atoms in total. The number of nitrogens with zero attached hydrogens (tertiary/aromatic N) is 1. The van der Waals surface area contributed by atoms with Crippen LogP contribution in [0.5, 0.6) is 0 Å². The van der Waals surface area contributed by atoms with Crippen LogP contribution in [0.1, 0.15) is 18.9 Å². The van der Waals surface area contributed by atoms with E-state index in [-0.39, 0.29) is 19.6 Å². The highest BCUT2D eigenvalue weighted by molar-refractivity contribution is 7.86. The third kappa shape index (κ3) is 4.24. The molecule has 1 fully saturated rings. The second-order valence-corrected chi connectivity index (χ2v) is 7.46. The molecule has 1 heterocycles. The van der Waals surface area contributed by atoms with Crippen LogP contribution >= 0.6 is 0 Å². The van der Waals surface area contributed by atoms with E-state index >= 15 is 0 Å². The lowest BCUT2D eigenvalue weighted by Gasteiger charge is -2.29. The Kier molecular flexibility index (Phi) is 5.14. The molecule has 1 aliphatic heterocycles. The molecule has 132 valence electrons. The summed E-state index contributed by atoms with van der Waals surface area (Å²) in [5.41, 5.74) is -0.839. The minimum absolute atomic E-state index is 0.0104. The van der Waals surface area contributed by atoms with Crippen molar-refractivity contribution in [2.45, 2.75) is 31.6 Å². The van der Waals surface area contributed by atoms with Crippen molar-refractivity contribution in [3.63, 3.8) is 0 Å². The summed E-state index contributed by atoms with van der Waals surface area (Å²) in [6.07, 6.45) is -1.02. The molecule has 0 aliphatic carbocycles. The average Bonchev–Trinajstić information content (AvgIpc) is 2.82. The van der Waals surface area contributed by atoms with Crippen LogP contribution in [0.2, 0.25) is 0 Å². The second kappa shape index (κ2) is 6.78. The van der Waals surface area contributed by atoms with Gasteiger partial charge in [-0.1, -0.05) is 30.3 Å². The highest BCUT2D eigenvalue weighted by atomic mass is 32.2. The third-order valence-corrected chi connectivity index (χ3v) is 4.43. The van der Waals surface area contributed by atoms with Crippen molar-refractivity contribution in [1.29, 1.82) is 0 Å². The zero-order valence-electron chi connectivity index (χ0n) is 13.3. The van der Waals surface area contributed by atoms with Gasteiger partial charge in [-0.25, -0.2) is 9.59 Å². The molecule has 0 spiro atoms. The summed E-state index contributed by atoms with van der Waals surface area (Å²) in [6.45, 7) is 1.15. The van der Waals surface area contributed by atoms with E-state index in [2.05, 4.69) is 0 Å². The Bertz CT molecular complexity index is 719. The van der Waals surface area contributed by atoms with Crippen LogP contribution < -0.4 is 0 Å². The molecular formula is C15H19NO7S. The lowest BCUT2D eigenvalue weighted by Crippen LogP contribution is -2.50. The van der Waals surface area contributed by atoms with Gasteiger partial charge >= 0.3 is 12.1 Å². The number of hydrogen-bond donors (Lipinski definition) is 1. The van der Waals surface area contributed by atoms with Gasteiger partial charge in [0, 0.05) is 6.42 Å². The van der Waals surface area contributed by atoms with Crippen LogP contribution in [0.25, 0.3) is 0 Å². The normalized spacial score (nSPS) is 23.9. The highest BCUT2D eigenvalue weighted by Crippen LogP contribution is 2.32. The van der Waals surface area contributed by atoms with Gasteiger partial charge in [0.25, 0.3) is 10.1 Å². The Labute approximate surface area is 140 Å². The van der Waals surface area contributed by atoms with Crippen LogP contribution in [-0.2, 0) is 30.4 Å². The van der Waals surface area contributed by atoms with E-state index in [9.17, 15) is 23.1 Å². The van der Waals surface area contributed by atoms with Crippen LogP contribution in [-0.4, -0.2) is 54.9 Å². The van der Waals surface area contributed by atoms with Gasteiger partial charge in [0.1, 0.15) is 12.1 Å². The van der Waals surface area contributed by atoms with E-state index in [0.717, 1.165) is 16.7 Å². The fourth-order valence-electron chi connectivity index (χ4n) is 2.61. The summed E-state index contributed by atoms with van der Waals surface area (Å²) in [5.74, 6) is -1.25. The van der Waals surface area contributed by atoms with E-state index in [1.54, 1.807) is 24.3 Å². The largest absolute Gasteiger partial charge is 0.480 e. The topological polar surface area (TPSA) is 110 Å². The number of ether oxygens (including phenoxy) is 1. The molecule has 0 bridgehead atoms. The van der Waals surface area contributed by atoms with Gasteiger partial charge in [0.05, 0.1) is 18.9 Å². The van der Waals surface area contributed by atoms with Gasteiger partial charge in [0.15, 0.2) is 0 Å². The van der Waals surface area contributed by atoms with Gasteiger partial charge in [0.2, 0.25) is 0 Å². The average molecular weight is 357 g/mol. The molecule has 2 rings (SSSR count). The number of benzene rings is 1. The van der Waals surface area contributed by atoms with Crippen LogP contribution in [0.4, 0.5) is 4.79 Å². The maximum atomic E-state index is 12.3. The Hall–Kier alpha value is -2.13. The first-order valence-corrected chi connectivity index (χ1v) is 9.03. The molecule has 0 radical (unpaired) electrons. The predicted molar refractivity (Wildman–Crippen MR) is 83.7 cm³/mol. The molecule has 0 aromatic heterocycles. The van der Waals surface area contributed by atoms with Crippen LogP contribution in [0.3, 0.4) is 0 Å². The third-order valence-electron chi connectivity index (χ3n) is 3.80. The lowest BCUT2D eigenvalue weighted by molar-refractivity contribution is -0.147. The van der Waals surface area contributed by atoms with Gasteiger partial charge in [-0.2, -0.15) is 8.42 Å². The van der Waals surface area contributed by atoms with Crippen molar-refractivity contribution in [2.24, 2.45) is 0 Å². The maximum Gasteiger partial charge on any atom is 0.411 e. The number of rotatable bonds is 5. The van der Waals surface area contributed by atoms with E-state index in [1.165, 1.54) is 6.92 Å². The van der Waals surface area contributed by atoms with Gasteiger partial charge in [-0.05, 0) is 12.5 Å². The molecule has 9 heteroatoms. The fraction of sp³-hybridized carbons (Fsp3) is 0.467. The number of amides is 1. The zero-order chi connectivity index (χ0) is 18.0. The number of carboxylic acid groups (broad SMARTS) is 1. The molecular weight excluding hydrogens is 338 g/mol.